The molecule has 1 heterocycles. The summed E-state index contributed by atoms with van der Waals surface area (Å²) >= 11 is 0. The van der Waals surface area contributed by atoms with Crippen molar-refractivity contribution in [1.82, 2.24) is 9.13 Å². The zero-order valence-corrected chi connectivity index (χ0v) is 14.8. The van der Waals surface area contributed by atoms with Gasteiger partial charge in [0.15, 0.2) is 5.56 Å². The molecule has 0 aliphatic rings. The first kappa shape index (κ1) is 19.0. The van der Waals surface area contributed by atoms with Crippen LogP contribution < -0.4 is 16.0 Å². The minimum atomic E-state index is -0.735. The van der Waals surface area contributed by atoms with E-state index in [-0.39, 0.29) is 17.2 Å². The normalized spacial score (nSPS) is 10.2. The maximum atomic E-state index is 12.0. The molecule has 26 heavy (non-hydrogen) atoms. The van der Waals surface area contributed by atoms with Crippen LogP contribution in [-0.4, -0.2) is 21.7 Å². The predicted molar refractivity (Wildman–Crippen MR) is 93.3 cm³/mol. The first-order valence-electron chi connectivity index (χ1n) is 8.05. The number of nitriles is 1. The molecular weight excluding hydrogens is 338 g/mol. The maximum Gasteiger partial charge on any atom is 0.338 e. The zero-order valence-electron chi connectivity index (χ0n) is 14.8. The molecule has 0 aliphatic heterocycles. The molecule has 136 valence electrons. The smallest absolute Gasteiger partial charge is 0.338 e. The predicted octanol–water partition coefficient (Wildman–Crippen LogP) is 1.70. The Morgan fingerprint density at radius 3 is 2.38 bits per heavy atom. The summed E-state index contributed by atoms with van der Waals surface area (Å²) in [5.41, 5.74) is -1.27. The Bertz CT molecular complexity index is 965. The first-order chi connectivity index (χ1) is 12.4. The second-order valence-electron chi connectivity index (χ2n) is 5.61. The van der Waals surface area contributed by atoms with Crippen molar-refractivity contribution in [2.75, 3.05) is 6.61 Å². The monoisotopic (exact) mass is 357 g/mol. The highest BCUT2D eigenvalue weighted by Crippen LogP contribution is 2.22. The van der Waals surface area contributed by atoms with E-state index < -0.39 is 17.2 Å². The van der Waals surface area contributed by atoms with Crippen LogP contribution in [0.4, 0.5) is 0 Å². The number of carbonyl (C=O) groups is 1. The number of hydrogen-bond acceptors (Lipinski definition) is 6. The zero-order chi connectivity index (χ0) is 19.3. The lowest BCUT2D eigenvalue weighted by molar-refractivity contribution is 0.0499. The Kier molecular flexibility index (Phi) is 5.96. The Morgan fingerprint density at radius 1 is 1.15 bits per heavy atom. The second-order valence-corrected chi connectivity index (χ2v) is 5.61. The van der Waals surface area contributed by atoms with Crippen molar-refractivity contribution in [3.63, 3.8) is 0 Å². The van der Waals surface area contributed by atoms with Crippen LogP contribution in [0.3, 0.4) is 0 Å². The second kappa shape index (κ2) is 8.16. The molecule has 0 saturated heterocycles. The standard InChI is InChI=1S/C18H19N3O5/c1-4-5-10-25-17(23)12-6-8-13(9-7-12)26-16-14(11-19)15(22)20(2)18(24)21(16)3/h6-9H,4-5,10H2,1-3H3. The molecule has 8 nitrogen and oxygen atoms in total. The largest absolute Gasteiger partial charge is 0.462 e. The molecule has 0 amide bonds. The lowest BCUT2D eigenvalue weighted by Gasteiger charge is -2.12. The molecule has 0 fully saturated rings. The molecule has 0 spiro atoms. The number of aromatic nitrogens is 2. The number of unbranched alkanes of at least 4 members (excludes halogenated alkanes) is 1. The van der Waals surface area contributed by atoms with Crippen molar-refractivity contribution in [3.8, 4) is 17.7 Å². The summed E-state index contributed by atoms with van der Waals surface area (Å²) in [6.45, 7) is 2.36. The molecule has 1 aromatic heterocycles. The SMILES string of the molecule is CCCCOC(=O)c1ccc(Oc2c(C#N)c(=O)n(C)c(=O)n2C)cc1. The molecule has 1 aromatic carbocycles. The Morgan fingerprint density at radius 2 is 1.81 bits per heavy atom. The third kappa shape index (κ3) is 3.83. The van der Waals surface area contributed by atoms with Gasteiger partial charge in [0.2, 0.25) is 5.88 Å². The van der Waals surface area contributed by atoms with Crippen LogP contribution in [-0.2, 0) is 18.8 Å². The summed E-state index contributed by atoms with van der Waals surface area (Å²) in [6, 6.07) is 7.78. The third-order valence-corrected chi connectivity index (χ3v) is 3.76. The molecular formula is C18H19N3O5. The van der Waals surface area contributed by atoms with Gasteiger partial charge in [0.05, 0.1) is 12.2 Å². The molecule has 0 unspecified atom stereocenters. The van der Waals surface area contributed by atoms with Gasteiger partial charge in [-0.3, -0.25) is 13.9 Å². The molecule has 0 aliphatic carbocycles. The summed E-state index contributed by atoms with van der Waals surface area (Å²) in [5.74, 6) is -0.322. The molecule has 0 bridgehead atoms. The van der Waals surface area contributed by atoms with Gasteiger partial charge in [-0.25, -0.2) is 9.59 Å². The van der Waals surface area contributed by atoms with Crippen molar-refractivity contribution >= 4 is 5.97 Å². The molecule has 0 radical (unpaired) electrons. The number of benzene rings is 1. The highest BCUT2D eigenvalue weighted by Gasteiger charge is 2.17. The highest BCUT2D eigenvalue weighted by molar-refractivity contribution is 5.89. The van der Waals surface area contributed by atoms with Crippen LogP contribution in [0.25, 0.3) is 0 Å². The summed E-state index contributed by atoms with van der Waals surface area (Å²) in [5, 5.41) is 9.22. The van der Waals surface area contributed by atoms with E-state index in [1.807, 2.05) is 6.92 Å². The summed E-state index contributed by atoms with van der Waals surface area (Å²) in [7, 11) is 2.69. The van der Waals surface area contributed by atoms with E-state index in [1.54, 1.807) is 6.07 Å². The van der Waals surface area contributed by atoms with Gasteiger partial charge < -0.3 is 9.47 Å². The lowest BCUT2D eigenvalue weighted by atomic mass is 10.2. The van der Waals surface area contributed by atoms with Crippen molar-refractivity contribution < 1.29 is 14.3 Å². The molecule has 0 atom stereocenters. The van der Waals surface area contributed by atoms with Gasteiger partial charge in [-0.2, -0.15) is 5.26 Å². The molecule has 0 saturated carbocycles. The van der Waals surface area contributed by atoms with Gasteiger partial charge >= 0.3 is 11.7 Å². The molecule has 2 aromatic rings. The number of esters is 1. The summed E-state index contributed by atoms with van der Waals surface area (Å²) in [6.07, 6.45) is 1.72. The van der Waals surface area contributed by atoms with E-state index in [4.69, 9.17) is 9.47 Å². The van der Waals surface area contributed by atoms with E-state index >= 15 is 0 Å². The summed E-state index contributed by atoms with van der Waals surface area (Å²) in [4.78, 5) is 35.9. The average Bonchev–Trinajstić information content (AvgIpc) is 2.65. The van der Waals surface area contributed by atoms with Crippen molar-refractivity contribution in [2.24, 2.45) is 14.1 Å². The highest BCUT2D eigenvalue weighted by atomic mass is 16.5. The quantitative estimate of drug-likeness (QED) is 0.576. The fourth-order valence-electron chi connectivity index (χ4n) is 2.20. The van der Waals surface area contributed by atoms with Crippen molar-refractivity contribution in [3.05, 3.63) is 56.2 Å². The van der Waals surface area contributed by atoms with E-state index in [0.29, 0.717) is 12.2 Å². The van der Waals surface area contributed by atoms with Gasteiger partial charge in [0.1, 0.15) is 11.8 Å². The van der Waals surface area contributed by atoms with Gasteiger partial charge in [-0.15, -0.1) is 0 Å². The van der Waals surface area contributed by atoms with E-state index in [0.717, 1.165) is 22.0 Å². The average molecular weight is 357 g/mol. The van der Waals surface area contributed by atoms with E-state index in [9.17, 15) is 19.6 Å². The van der Waals surface area contributed by atoms with Crippen molar-refractivity contribution in [2.45, 2.75) is 19.8 Å². The molecule has 8 heteroatoms. The fraction of sp³-hybridized carbons (Fsp3) is 0.333. The first-order valence-corrected chi connectivity index (χ1v) is 8.05. The number of hydrogen-bond donors (Lipinski definition) is 0. The van der Waals surface area contributed by atoms with Crippen LogP contribution in [0, 0.1) is 11.3 Å². The fourth-order valence-corrected chi connectivity index (χ4v) is 2.20. The maximum absolute atomic E-state index is 12.0. The third-order valence-electron chi connectivity index (χ3n) is 3.76. The number of nitrogens with zero attached hydrogens (tertiary/aromatic N) is 3. The Balaban J connectivity index is 2.28. The number of carbonyl (C=O) groups excluding carboxylic acids is 1. The van der Waals surface area contributed by atoms with Gasteiger partial charge in [-0.05, 0) is 30.7 Å². The van der Waals surface area contributed by atoms with Gasteiger partial charge in [0.25, 0.3) is 5.56 Å². The van der Waals surface area contributed by atoms with Crippen LogP contribution >= 0.6 is 0 Å². The Hall–Kier alpha value is -3.34. The lowest BCUT2D eigenvalue weighted by Crippen LogP contribution is -2.38. The van der Waals surface area contributed by atoms with Crippen molar-refractivity contribution in [1.29, 1.82) is 5.26 Å². The topological polar surface area (TPSA) is 103 Å². The van der Waals surface area contributed by atoms with Crippen LogP contribution in [0.2, 0.25) is 0 Å². The molecule has 2 rings (SSSR count). The molecule has 0 N–H and O–H groups in total. The number of rotatable bonds is 6. The van der Waals surface area contributed by atoms with Crippen LogP contribution in [0.1, 0.15) is 35.7 Å². The Labute approximate surface area is 149 Å². The van der Waals surface area contributed by atoms with Gasteiger partial charge in [0, 0.05) is 14.1 Å². The van der Waals surface area contributed by atoms with Gasteiger partial charge in [-0.1, -0.05) is 13.3 Å². The van der Waals surface area contributed by atoms with Crippen LogP contribution in [0.15, 0.2) is 33.9 Å². The van der Waals surface area contributed by atoms with E-state index in [1.165, 1.54) is 38.4 Å². The van der Waals surface area contributed by atoms with Crippen LogP contribution in [0.5, 0.6) is 11.6 Å². The minimum Gasteiger partial charge on any atom is -0.462 e. The number of ether oxygens (including phenoxy) is 2. The minimum absolute atomic E-state index is 0.154. The summed E-state index contributed by atoms with van der Waals surface area (Å²) < 4.78 is 12.6. The van der Waals surface area contributed by atoms with E-state index in [2.05, 4.69) is 0 Å².